The number of nitrogen functional groups attached to an aromatic ring is 1. The molecule has 1 rings (SSSR count). The average Bonchev–Trinajstić information content (AvgIpc) is 2.37. The Bertz CT molecular complexity index is 486. The van der Waals surface area contributed by atoms with E-state index in [4.69, 9.17) is 5.73 Å². The molecule has 1 aromatic rings. The van der Waals surface area contributed by atoms with Crippen LogP contribution in [0.2, 0.25) is 0 Å². The van der Waals surface area contributed by atoms with Crippen LogP contribution < -0.4 is 16.0 Å². The van der Waals surface area contributed by atoms with E-state index in [-0.39, 0.29) is 18.4 Å². The molecule has 3 N–H and O–H groups in total. The normalized spacial score (nSPS) is 9.89. The lowest BCUT2D eigenvalue weighted by atomic mass is 10.1. The number of hydrogen-bond acceptors (Lipinski definition) is 4. The summed E-state index contributed by atoms with van der Waals surface area (Å²) in [7, 11) is 6.68. The van der Waals surface area contributed by atoms with Crippen molar-refractivity contribution in [3.05, 3.63) is 23.8 Å². The van der Waals surface area contributed by atoms with E-state index in [1.807, 2.05) is 0 Å². The fraction of sp³-hybridized carbons (Fsp3) is 0.385. The number of nitrogens with one attached hydrogen (secondary N) is 1. The van der Waals surface area contributed by atoms with E-state index in [1.165, 1.54) is 4.90 Å². The van der Waals surface area contributed by atoms with Gasteiger partial charge in [0.25, 0.3) is 5.91 Å². The van der Waals surface area contributed by atoms with Gasteiger partial charge in [-0.15, -0.1) is 0 Å². The maximum absolute atomic E-state index is 12.1. The van der Waals surface area contributed by atoms with Crippen LogP contribution in [0.5, 0.6) is 0 Å². The Hall–Kier alpha value is -2.24. The second-order valence-corrected chi connectivity index (χ2v) is 4.51. The second kappa shape index (κ2) is 6.08. The highest BCUT2D eigenvalue weighted by atomic mass is 16.2. The maximum Gasteiger partial charge on any atom is 0.255 e. The lowest BCUT2D eigenvalue weighted by Crippen LogP contribution is -2.34. The van der Waals surface area contributed by atoms with E-state index >= 15 is 0 Å². The Labute approximate surface area is 113 Å². The topological polar surface area (TPSA) is 78.7 Å². The third-order valence-corrected chi connectivity index (χ3v) is 2.73. The lowest BCUT2D eigenvalue weighted by Gasteiger charge is -2.23. The van der Waals surface area contributed by atoms with Crippen LogP contribution in [0.15, 0.2) is 18.2 Å². The van der Waals surface area contributed by atoms with Crippen LogP contribution in [0, 0.1) is 0 Å². The summed E-state index contributed by atoms with van der Waals surface area (Å²) in [4.78, 5) is 26.7. The minimum absolute atomic E-state index is 0.126. The Kier molecular flexibility index (Phi) is 4.74. The molecule has 0 bridgehead atoms. The standard InChI is InChI=1S/C13H20N4O2/c1-15-12(18)8-17(4)11-7-9(14)5-6-10(11)13(19)16(2)3/h5-7H,8,14H2,1-4H3,(H,15,18). The van der Waals surface area contributed by atoms with E-state index in [1.54, 1.807) is 51.3 Å². The second-order valence-electron chi connectivity index (χ2n) is 4.51. The minimum atomic E-state index is -0.131. The number of rotatable bonds is 4. The molecule has 0 unspecified atom stereocenters. The van der Waals surface area contributed by atoms with Crippen molar-refractivity contribution >= 4 is 23.2 Å². The monoisotopic (exact) mass is 264 g/mol. The van der Waals surface area contributed by atoms with Crippen molar-refractivity contribution in [3.8, 4) is 0 Å². The highest BCUT2D eigenvalue weighted by Crippen LogP contribution is 2.23. The Morgan fingerprint density at radius 1 is 1.26 bits per heavy atom. The van der Waals surface area contributed by atoms with Crippen molar-refractivity contribution in [3.63, 3.8) is 0 Å². The van der Waals surface area contributed by atoms with Crippen LogP contribution in [-0.4, -0.2) is 51.4 Å². The molecule has 19 heavy (non-hydrogen) atoms. The molecule has 0 atom stereocenters. The molecule has 0 aliphatic rings. The molecule has 0 saturated heterocycles. The van der Waals surface area contributed by atoms with Gasteiger partial charge in [-0.05, 0) is 18.2 Å². The fourth-order valence-electron chi connectivity index (χ4n) is 1.67. The molecular weight excluding hydrogens is 244 g/mol. The molecular formula is C13H20N4O2. The van der Waals surface area contributed by atoms with Gasteiger partial charge in [-0.1, -0.05) is 0 Å². The first-order valence-corrected chi connectivity index (χ1v) is 5.89. The fourth-order valence-corrected chi connectivity index (χ4v) is 1.67. The Morgan fingerprint density at radius 3 is 2.42 bits per heavy atom. The summed E-state index contributed by atoms with van der Waals surface area (Å²) in [5.74, 6) is -0.257. The summed E-state index contributed by atoms with van der Waals surface area (Å²) in [6.07, 6.45) is 0. The van der Waals surface area contributed by atoms with Crippen LogP contribution in [0.25, 0.3) is 0 Å². The van der Waals surface area contributed by atoms with Crippen LogP contribution in [0.1, 0.15) is 10.4 Å². The number of carbonyl (C=O) groups excluding carboxylic acids is 2. The van der Waals surface area contributed by atoms with Gasteiger partial charge in [-0.2, -0.15) is 0 Å². The first-order chi connectivity index (χ1) is 8.86. The van der Waals surface area contributed by atoms with Crippen molar-refractivity contribution in [1.29, 1.82) is 0 Å². The maximum atomic E-state index is 12.1. The summed E-state index contributed by atoms with van der Waals surface area (Å²) < 4.78 is 0. The van der Waals surface area contributed by atoms with Crippen molar-refractivity contribution in [2.24, 2.45) is 0 Å². The third-order valence-electron chi connectivity index (χ3n) is 2.73. The van der Waals surface area contributed by atoms with Crippen LogP contribution in [0.3, 0.4) is 0 Å². The molecule has 6 heteroatoms. The molecule has 0 spiro atoms. The van der Waals surface area contributed by atoms with E-state index in [0.717, 1.165) is 0 Å². The average molecular weight is 264 g/mol. The van der Waals surface area contributed by atoms with Gasteiger partial charge in [0.2, 0.25) is 5.91 Å². The number of benzene rings is 1. The summed E-state index contributed by atoms with van der Waals surface area (Å²) >= 11 is 0. The van der Waals surface area contributed by atoms with Crippen LogP contribution in [0.4, 0.5) is 11.4 Å². The molecule has 0 heterocycles. The van der Waals surface area contributed by atoms with E-state index in [9.17, 15) is 9.59 Å². The SMILES string of the molecule is CNC(=O)CN(C)c1cc(N)ccc1C(=O)N(C)C. The summed E-state index contributed by atoms with van der Waals surface area (Å²) in [5.41, 5.74) is 7.46. The van der Waals surface area contributed by atoms with Gasteiger partial charge >= 0.3 is 0 Å². The summed E-state index contributed by atoms with van der Waals surface area (Å²) in [6, 6.07) is 5.04. The number of carbonyl (C=O) groups is 2. The molecule has 0 fully saturated rings. The van der Waals surface area contributed by atoms with Crippen LogP contribution >= 0.6 is 0 Å². The highest BCUT2D eigenvalue weighted by molar-refractivity contribution is 6.00. The number of amides is 2. The zero-order valence-corrected chi connectivity index (χ0v) is 11.7. The molecule has 0 aliphatic heterocycles. The summed E-state index contributed by atoms with van der Waals surface area (Å²) in [5, 5.41) is 2.54. The number of anilines is 2. The van der Waals surface area contributed by atoms with Gasteiger partial charge in [0, 0.05) is 33.9 Å². The molecule has 6 nitrogen and oxygen atoms in total. The van der Waals surface area contributed by atoms with Gasteiger partial charge in [0.1, 0.15) is 0 Å². The van der Waals surface area contributed by atoms with Gasteiger partial charge in [0.15, 0.2) is 0 Å². The Balaban J connectivity index is 3.13. The molecule has 0 saturated carbocycles. The van der Waals surface area contributed by atoms with E-state index in [0.29, 0.717) is 16.9 Å². The third kappa shape index (κ3) is 3.61. The van der Waals surface area contributed by atoms with E-state index in [2.05, 4.69) is 5.32 Å². The van der Waals surface area contributed by atoms with Crippen molar-refractivity contribution < 1.29 is 9.59 Å². The molecule has 0 aliphatic carbocycles. The zero-order valence-electron chi connectivity index (χ0n) is 11.7. The quantitative estimate of drug-likeness (QED) is 0.759. The zero-order chi connectivity index (χ0) is 14.6. The predicted octanol–water partition coefficient (Wildman–Crippen LogP) is 0.153. The van der Waals surface area contributed by atoms with Gasteiger partial charge in [-0.3, -0.25) is 9.59 Å². The first-order valence-electron chi connectivity index (χ1n) is 5.89. The van der Waals surface area contributed by atoms with Gasteiger partial charge in [-0.25, -0.2) is 0 Å². The molecule has 0 radical (unpaired) electrons. The van der Waals surface area contributed by atoms with Crippen LogP contribution in [-0.2, 0) is 4.79 Å². The molecule has 1 aromatic carbocycles. The first kappa shape index (κ1) is 14.8. The van der Waals surface area contributed by atoms with E-state index < -0.39 is 0 Å². The molecule has 0 aromatic heterocycles. The van der Waals surface area contributed by atoms with Gasteiger partial charge < -0.3 is 20.9 Å². The van der Waals surface area contributed by atoms with Crippen molar-refractivity contribution in [2.45, 2.75) is 0 Å². The summed E-state index contributed by atoms with van der Waals surface area (Å²) in [6.45, 7) is 0.160. The lowest BCUT2D eigenvalue weighted by molar-refractivity contribution is -0.119. The number of hydrogen-bond donors (Lipinski definition) is 2. The van der Waals surface area contributed by atoms with Gasteiger partial charge in [0.05, 0.1) is 17.8 Å². The van der Waals surface area contributed by atoms with Crippen molar-refractivity contribution in [1.82, 2.24) is 10.2 Å². The predicted molar refractivity (Wildman–Crippen MR) is 76.2 cm³/mol. The Morgan fingerprint density at radius 2 is 1.89 bits per heavy atom. The molecule has 104 valence electrons. The minimum Gasteiger partial charge on any atom is -0.399 e. The molecule has 2 amide bonds. The smallest absolute Gasteiger partial charge is 0.255 e. The number of nitrogens with two attached hydrogens (primary N) is 1. The number of nitrogens with zero attached hydrogens (tertiary/aromatic N) is 2. The van der Waals surface area contributed by atoms with Crippen molar-refractivity contribution in [2.75, 3.05) is 45.4 Å². The number of likely N-dealkylation sites (N-methyl/N-ethyl adjacent to an activating group) is 2. The largest absolute Gasteiger partial charge is 0.399 e. The highest BCUT2D eigenvalue weighted by Gasteiger charge is 2.17.